The molecule has 2 aromatic carbocycles. The highest BCUT2D eigenvalue weighted by molar-refractivity contribution is 6.37. The molecule has 118 valence electrons. The summed E-state index contributed by atoms with van der Waals surface area (Å²) in [5.41, 5.74) is -0.0155. The van der Waals surface area contributed by atoms with Gasteiger partial charge < -0.3 is 20.1 Å². The fourth-order valence-electron chi connectivity index (χ4n) is 2.65. The maximum atomic E-state index is 12.7. The van der Waals surface area contributed by atoms with Crippen molar-refractivity contribution in [3.05, 3.63) is 51.0 Å². The molecule has 0 unspecified atom stereocenters. The molecule has 0 amide bonds. The summed E-state index contributed by atoms with van der Waals surface area (Å²) in [7, 11) is 1.33. The highest BCUT2D eigenvalue weighted by atomic mass is 35.5. The van der Waals surface area contributed by atoms with Gasteiger partial charge in [0.25, 0.3) is 0 Å². The lowest BCUT2D eigenvalue weighted by atomic mass is 9.82. The minimum absolute atomic E-state index is 0.0146. The number of phenolic OH excluding ortho intramolecular Hbond substituents is 2. The second-order valence-electron chi connectivity index (χ2n) is 5.02. The zero-order chi connectivity index (χ0) is 16.9. The Morgan fingerprint density at radius 3 is 2.30 bits per heavy atom. The summed E-state index contributed by atoms with van der Waals surface area (Å²) in [4.78, 5) is 25.4. The van der Waals surface area contributed by atoms with Crippen molar-refractivity contribution in [2.45, 2.75) is 6.61 Å². The van der Waals surface area contributed by atoms with Gasteiger partial charge in [0.05, 0.1) is 24.8 Å². The molecular weight excluding hydrogens is 324 g/mol. The second-order valence-corrected chi connectivity index (χ2v) is 5.40. The van der Waals surface area contributed by atoms with Crippen LogP contribution in [0.4, 0.5) is 0 Å². The van der Waals surface area contributed by atoms with Crippen LogP contribution in [0, 0.1) is 0 Å². The van der Waals surface area contributed by atoms with E-state index in [1.807, 2.05) is 0 Å². The SMILES string of the molecule is COc1cc(CO)cc2c1C(=O)c1c(cc(O)c(Cl)c1O)C2=O. The van der Waals surface area contributed by atoms with Crippen molar-refractivity contribution in [2.24, 2.45) is 0 Å². The summed E-state index contributed by atoms with van der Waals surface area (Å²) in [5, 5.41) is 28.6. The van der Waals surface area contributed by atoms with Crippen LogP contribution in [0.25, 0.3) is 0 Å². The first-order chi connectivity index (χ1) is 10.9. The topological polar surface area (TPSA) is 104 Å². The number of carbonyl (C=O) groups excluding carboxylic acids is 2. The molecular formula is C16H11ClO6. The largest absolute Gasteiger partial charge is 0.506 e. The molecule has 1 aliphatic rings. The van der Waals surface area contributed by atoms with Crippen LogP contribution in [0.2, 0.25) is 5.02 Å². The molecule has 3 N–H and O–H groups in total. The van der Waals surface area contributed by atoms with Gasteiger partial charge in [0.1, 0.15) is 22.3 Å². The van der Waals surface area contributed by atoms with Crippen molar-refractivity contribution >= 4 is 23.2 Å². The Balaban J connectivity index is 2.38. The van der Waals surface area contributed by atoms with E-state index in [-0.39, 0.29) is 34.6 Å². The van der Waals surface area contributed by atoms with Gasteiger partial charge >= 0.3 is 0 Å². The predicted molar refractivity (Wildman–Crippen MR) is 80.6 cm³/mol. The predicted octanol–water partition coefficient (Wildman–Crippen LogP) is 2.03. The summed E-state index contributed by atoms with van der Waals surface area (Å²) in [5.74, 6) is -2.27. The smallest absolute Gasteiger partial charge is 0.202 e. The molecule has 0 atom stereocenters. The van der Waals surface area contributed by atoms with Crippen molar-refractivity contribution in [3.8, 4) is 17.2 Å². The zero-order valence-electron chi connectivity index (χ0n) is 11.9. The lowest BCUT2D eigenvalue weighted by Gasteiger charge is -2.22. The fourth-order valence-corrected chi connectivity index (χ4v) is 2.80. The molecule has 0 saturated heterocycles. The number of rotatable bonds is 2. The number of phenols is 2. The van der Waals surface area contributed by atoms with Crippen LogP contribution >= 0.6 is 11.6 Å². The average Bonchev–Trinajstić information content (AvgIpc) is 2.55. The molecule has 0 spiro atoms. The standard InChI is InChI=1S/C16H11ClO6/c1-23-10-3-6(5-18)2-7-11(10)15(21)12-8(14(7)20)4-9(19)13(17)16(12)22/h2-4,18-19,22H,5H2,1H3. The minimum Gasteiger partial charge on any atom is -0.506 e. The van der Waals surface area contributed by atoms with Gasteiger partial charge in [0, 0.05) is 11.1 Å². The monoisotopic (exact) mass is 334 g/mol. The number of methoxy groups -OCH3 is 1. The van der Waals surface area contributed by atoms with Gasteiger partial charge in [-0.25, -0.2) is 0 Å². The molecule has 6 nitrogen and oxygen atoms in total. The van der Waals surface area contributed by atoms with Crippen LogP contribution in [0.1, 0.15) is 37.4 Å². The van der Waals surface area contributed by atoms with Crippen LogP contribution in [-0.2, 0) is 6.61 Å². The van der Waals surface area contributed by atoms with Crippen molar-refractivity contribution in [1.82, 2.24) is 0 Å². The van der Waals surface area contributed by atoms with E-state index >= 15 is 0 Å². The van der Waals surface area contributed by atoms with E-state index in [1.54, 1.807) is 0 Å². The van der Waals surface area contributed by atoms with Crippen LogP contribution in [0.15, 0.2) is 18.2 Å². The average molecular weight is 335 g/mol. The van der Waals surface area contributed by atoms with Crippen molar-refractivity contribution in [1.29, 1.82) is 0 Å². The zero-order valence-corrected chi connectivity index (χ0v) is 12.6. The minimum atomic E-state index is -0.654. The van der Waals surface area contributed by atoms with Crippen molar-refractivity contribution in [2.75, 3.05) is 7.11 Å². The van der Waals surface area contributed by atoms with Crippen LogP contribution in [0.5, 0.6) is 17.2 Å². The molecule has 0 aliphatic heterocycles. The summed E-state index contributed by atoms with van der Waals surface area (Å²) >= 11 is 5.75. The Morgan fingerprint density at radius 1 is 1.04 bits per heavy atom. The third-order valence-electron chi connectivity index (χ3n) is 3.73. The van der Waals surface area contributed by atoms with Crippen LogP contribution in [-0.4, -0.2) is 34.0 Å². The number of carbonyl (C=O) groups is 2. The normalized spacial score (nSPS) is 12.8. The first-order valence-electron chi connectivity index (χ1n) is 6.56. The first kappa shape index (κ1) is 15.3. The van der Waals surface area contributed by atoms with E-state index in [1.165, 1.54) is 19.2 Å². The quantitative estimate of drug-likeness (QED) is 0.662. The van der Waals surface area contributed by atoms with E-state index in [0.29, 0.717) is 5.56 Å². The van der Waals surface area contributed by atoms with Crippen LogP contribution < -0.4 is 4.74 Å². The summed E-state index contributed by atoms with van der Waals surface area (Å²) in [6.45, 7) is -0.338. The van der Waals surface area contributed by atoms with E-state index in [2.05, 4.69) is 0 Å². The van der Waals surface area contributed by atoms with Gasteiger partial charge in [-0.2, -0.15) is 0 Å². The lowest BCUT2D eigenvalue weighted by molar-refractivity contribution is 0.0973. The number of benzene rings is 2. The summed E-state index contributed by atoms with van der Waals surface area (Å²) in [6, 6.07) is 3.86. The lowest BCUT2D eigenvalue weighted by Crippen LogP contribution is -2.22. The number of fused-ring (bicyclic) bond motifs is 2. The Kier molecular flexibility index (Phi) is 3.50. The molecule has 0 saturated carbocycles. The Hall–Kier alpha value is -2.57. The first-order valence-corrected chi connectivity index (χ1v) is 6.94. The number of hydrogen-bond acceptors (Lipinski definition) is 6. The fraction of sp³-hybridized carbons (Fsp3) is 0.125. The Labute approximate surface area is 135 Å². The molecule has 23 heavy (non-hydrogen) atoms. The summed E-state index contributed by atoms with van der Waals surface area (Å²) in [6.07, 6.45) is 0. The number of hydrogen-bond donors (Lipinski definition) is 3. The van der Waals surface area contributed by atoms with Gasteiger partial charge in [0.2, 0.25) is 5.78 Å². The molecule has 1 aliphatic carbocycles. The van der Waals surface area contributed by atoms with Crippen molar-refractivity contribution < 1.29 is 29.6 Å². The molecule has 0 radical (unpaired) electrons. The molecule has 0 aromatic heterocycles. The van der Waals surface area contributed by atoms with Gasteiger partial charge in [-0.15, -0.1) is 0 Å². The third kappa shape index (κ3) is 2.07. The molecule has 2 aromatic rings. The maximum absolute atomic E-state index is 12.7. The molecule has 0 bridgehead atoms. The number of aromatic hydroxyl groups is 2. The molecule has 0 fully saturated rings. The van der Waals surface area contributed by atoms with Gasteiger partial charge in [0.15, 0.2) is 5.78 Å². The maximum Gasteiger partial charge on any atom is 0.202 e. The summed E-state index contributed by atoms with van der Waals surface area (Å²) < 4.78 is 5.13. The van der Waals surface area contributed by atoms with Crippen LogP contribution in [0.3, 0.4) is 0 Å². The molecule has 0 heterocycles. The molecule has 3 rings (SSSR count). The number of aliphatic hydroxyl groups is 1. The highest BCUT2D eigenvalue weighted by Crippen LogP contribution is 2.44. The van der Waals surface area contributed by atoms with E-state index in [0.717, 1.165) is 6.07 Å². The number of ether oxygens (including phenoxy) is 1. The Morgan fingerprint density at radius 2 is 1.70 bits per heavy atom. The van der Waals surface area contributed by atoms with E-state index < -0.39 is 28.1 Å². The highest BCUT2D eigenvalue weighted by Gasteiger charge is 2.36. The number of halogens is 1. The number of aliphatic hydroxyl groups excluding tert-OH is 1. The van der Waals surface area contributed by atoms with Crippen molar-refractivity contribution in [3.63, 3.8) is 0 Å². The third-order valence-corrected chi connectivity index (χ3v) is 4.10. The van der Waals surface area contributed by atoms with Gasteiger partial charge in [-0.05, 0) is 23.8 Å². The Bertz CT molecular complexity index is 872. The van der Waals surface area contributed by atoms with Gasteiger partial charge in [-0.1, -0.05) is 11.6 Å². The van der Waals surface area contributed by atoms with E-state index in [4.69, 9.17) is 16.3 Å². The van der Waals surface area contributed by atoms with E-state index in [9.17, 15) is 24.9 Å². The number of ketones is 2. The second kappa shape index (κ2) is 5.26. The molecule has 7 heteroatoms. The van der Waals surface area contributed by atoms with Gasteiger partial charge in [-0.3, -0.25) is 9.59 Å².